The van der Waals surface area contributed by atoms with Gasteiger partial charge in [0.05, 0.1) is 5.01 Å². The lowest BCUT2D eigenvalue weighted by atomic mass is 10.3. The number of thiazole rings is 1. The van der Waals surface area contributed by atoms with Gasteiger partial charge in [-0.3, -0.25) is 9.36 Å². The smallest absolute Gasteiger partial charge is 0.273 e. The van der Waals surface area contributed by atoms with E-state index in [1.54, 1.807) is 12.5 Å². The van der Waals surface area contributed by atoms with Gasteiger partial charge in [-0.15, -0.1) is 21.5 Å². The first-order valence-corrected chi connectivity index (χ1v) is 8.87. The second-order valence-corrected chi connectivity index (χ2v) is 6.81. The number of rotatable bonds is 3. The van der Waals surface area contributed by atoms with E-state index in [0.717, 1.165) is 29.7 Å². The lowest BCUT2D eigenvalue weighted by Gasteiger charge is -2.34. The Bertz CT molecular complexity index is 851. The van der Waals surface area contributed by atoms with Crippen molar-refractivity contribution in [2.75, 3.05) is 31.1 Å². The van der Waals surface area contributed by atoms with Crippen molar-refractivity contribution in [3.05, 3.63) is 46.9 Å². The summed E-state index contributed by atoms with van der Waals surface area (Å²) >= 11 is 1.50. The molecule has 9 heteroatoms. The van der Waals surface area contributed by atoms with Crippen molar-refractivity contribution in [3.63, 3.8) is 0 Å². The van der Waals surface area contributed by atoms with Crippen LogP contribution >= 0.6 is 11.3 Å². The number of aromatic nitrogens is 5. The summed E-state index contributed by atoms with van der Waals surface area (Å²) in [6, 6.07) is 3.86. The lowest BCUT2D eigenvalue weighted by Crippen LogP contribution is -2.49. The number of carbonyl (C=O) groups excluding carboxylic acids is 1. The van der Waals surface area contributed by atoms with Crippen molar-refractivity contribution in [2.45, 2.75) is 6.92 Å². The van der Waals surface area contributed by atoms with Gasteiger partial charge in [0.25, 0.3) is 5.91 Å². The number of hydrogen-bond donors (Lipinski definition) is 0. The highest BCUT2D eigenvalue weighted by molar-refractivity contribution is 7.09. The van der Waals surface area contributed by atoms with Crippen LogP contribution in [0.15, 0.2) is 36.2 Å². The van der Waals surface area contributed by atoms with Gasteiger partial charge in [0, 0.05) is 44.0 Å². The predicted molar refractivity (Wildman–Crippen MR) is 94.1 cm³/mol. The van der Waals surface area contributed by atoms with Gasteiger partial charge in [-0.2, -0.15) is 0 Å². The molecule has 128 valence electrons. The highest BCUT2D eigenvalue weighted by Gasteiger charge is 2.24. The van der Waals surface area contributed by atoms with Gasteiger partial charge in [0.1, 0.15) is 12.0 Å². The number of aryl methyl sites for hydroxylation is 1. The third-order valence-electron chi connectivity index (χ3n) is 4.13. The molecule has 0 bridgehead atoms. The fraction of sp³-hybridized carbons (Fsp3) is 0.312. The van der Waals surface area contributed by atoms with E-state index in [0.29, 0.717) is 18.8 Å². The molecule has 3 aromatic heterocycles. The second kappa shape index (κ2) is 6.60. The van der Waals surface area contributed by atoms with E-state index >= 15 is 0 Å². The van der Waals surface area contributed by atoms with Crippen molar-refractivity contribution in [2.24, 2.45) is 0 Å². The molecule has 4 rings (SSSR count). The Morgan fingerprint density at radius 1 is 1.12 bits per heavy atom. The first-order valence-electron chi connectivity index (χ1n) is 7.99. The van der Waals surface area contributed by atoms with Crippen LogP contribution in [-0.4, -0.2) is 61.7 Å². The summed E-state index contributed by atoms with van der Waals surface area (Å²) in [7, 11) is 0. The number of amides is 1. The molecule has 0 atom stereocenters. The zero-order chi connectivity index (χ0) is 17.2. The Labute approximate surface area is 148 Å². The fourth-order valence-electron chi connectivity index (χ4n) is 2.78. The maximum atomic E-state index is 12.4. The molecule has 1 fully saturated rings. The fourth-order valence-corrected chi connectivity index (χ4v) is 3.37. The highest BCUT2D eigenvalue weighted by Crippen LogP contribution is 2.16. The van der Waals surface area contributed by atoms with Crippen LogP contribution in [0.1, 0.15) is 15.5 Å². The molecule has 0 aromatic carbocycles. The maximum Gasteiger partial charge on any atom is 0.273 e. The molecule has 3 aromatic rings. The minimum atomic E-state index is 0.00513. The number of imidazole rings is 1. The Hall–Kier alpha value is -2.81. The average Bonchev–Trinajstić information content (AvgIpc) is 3.33. The molecule has 1 aliphatic heterocycles. The number of carbonyl (C=O) groups is 1. The van der Waals surface area contributed by atoms with Crippen LogP contribution in [0, 0.1) is 6.92 Å². The van der Waals surface area contributed by atoms with Crippen molar-refractivity contribution in [3.8, 4) is 5.82 Å². The molecule has 0 saturated carbocycles. The molecule has 0 N–H and O–H groups in total. The van der Waals surface area contributed by atoms with Gasteiger partial charge in [-0.25, -0.2) is 9.97 Å². The van der Waals surface area contributed by atoms with E-state index < -0.39 is 0 Å². The van der Waals surface area contributed by atoms with Gasteiger partial charge >= 0.3 is 0 Å². The lowest BCUT2D eigenvalue weighted by molar-refractivity contribution is 0.0741. The molecule has 25 heavy (non-hydrogen) atoms. The molecule has 1 amide bonds. The molecule has 0 radical (unpaired) electrons. The quantitative estimate of drug-likeness (QED) is 0.706. The largest absolute Gasteiger partial charge is 0.352 e. The molecule has 0 unspecified atom stereocenters. The van der Waals surface area contributed by atoms with Gasteiger partial charge in [0.15, 0.2) is 11.6 Å². The van der Waals surface area contributed by atoms with Crippen molar-refractivity contribution < 1.29 is 4.79 Å². The molecule has 8 nitrogen and oxygen atoms in total. The van der Waals surface area contributed by atoms with Gasteiger partial charge in [-0.1, -0.05) is 0 Å². The third-order valence-corrected chi connectivity index (χ3v) is 4.91. The number of piperazine rings is 1. The molecule has 1 aliphatic rings. The van der Waals surface area contributed by atoms with Crippen LogP contribution < -0.4 is 4.90 Å². The summed E-state index contributed by atoms with van der Waals surface area (Å²) < 4.78 is 1.81. The topological polar surface area (TPSA) is 80.0 Å². The van der Waals surface area contributed by atoms with Crippen LogP contribution in [-0.2, 0) is 0 Å². The minimum absolute atomic E-state index is 0.00513. The van der Waals surface area contributed by atoms with E-state index in [1.165, 1.54) is 11.3 Å². The molecular weight excluding hydrogens is 338 g/mol. The SMILES string of the molecule is Cc1nc(C(=O)N2CCN(c3ccc(-n4ccnc4)nn3)CC2)cs1. The van der Waals surface area contributed by atoms with Gasteiger partial charge in [-0.05, 0) is 19.1 Å². The number of anilines is 1. The summed E-state index contributed by atoms with van der Waals surface area (Å²) in [5.41, 5.74) is 0.542. The zero-order valence-electron chi connectivity index (χ0n) is 13.7. The summed E-state index contributed by atoms with van der Waals surface area (Å²) in [5.74, 6) is 1.56. The Morgan fingerprint density at radius 2 is 1.88 bits per heavy atom. The highest BCUT2D eigenvalue weighted by atomic mass is 32.1. The molecule has 1 saturated heterocycles. The summed E-state index contributed by atoms with van der Waals surface area (Å²) in [6.07, 6.45) is 5.22. The van der Waals surface area contributed by atoms with E-state index in [4.69, 9.17) is 0 Å². The number of nitrogens with zero attached hydrogens (tertiary/aromatic N) is 7. The Morgan fingerprint density at radius 3 is 2.48 bits per heavy atom. The van der Waals surface area contributed by atoms with Crippen LogP contribution in [0.2, 0.25) is 0 Å². The normalized spacial score (nSPS) is 14.8. The minimum Gasteiger partial charge on any atom is -0.352 e. The summed E-state index contributed by atoms with van der Waals surface area (Å²) in [4.78, 5) is 24.7. The van der Waals surface area contributed by atoms with Gasteiger partial charge < -0.3 is 9.80 Å². The van der Waals surface area contributed by atoms with Crippen LogP contribution in [0.5, 0.6) is 0 Å². The van der Waals surface area contributed by atoms with E-state index in [9.17, 15) is 4.79 Å². The standard InChI is InChI=1S/C16H17N7OS/c1-12-18-13(10-25-12)16(24)22-8-6-21(7-9-22)14-2-3-15(20-19-14)23-5-4-17-11-23/h2-5,10-11H,6-9H2,1H3. The van der Waals surface area contributed by atoms with Crippen LogP contribution in [0.4, 0.5) is 5.82 Å². The van der Waals surface area contributed by atoms with E-state index in [1.807, 2.05) is 40.1 Å². The van der Waals surface area contributed by atoms with Crippen LogP contribution in [0.25, 0.3) is 5.82 Å². The van der Waals surface area contributed by atoms with Gasteiger partial charge in [0.2, 0.25) is 0 Å². The first kappa shape index (κ1) is 15.7. The summed E-state index contributed by atoms with van der Waals surface area (Å²) in [5, 5.41) is 11.3. The van der Waals surface area contributed by atoms with Crippen LogP contribution in [0.3, 0.4) is 0 Å². The predicted octanol–water partition coefficient (Wildman–Crippen LogP) is 1.39. The Balaban J connectivity index is 1.39. The summed E-state index contributed by atoms with van der Waals surface area (Å²) in [6.45, 7) is 4.67. The molecule has 4 heterocycles. The van der Waals surface area contributed by atoms with Crippen molar-refractivity contribution >= 4 is 23.1 Å². The third kappa shape index (κ3) is 3.22. The second-order valence-electron chi connectivity index (χ2n) is 5.75. The number of hydrogen-bond acceptors (Lipinski definition) is 7. The molecule has 0 aliphatic carbocycles. The monoisotopic (exact) mass is 355 g/mol. The van der Waals surface area contributed by atoms with Crippen molar-refractivity contribution in [1.82, 2.24) is 29.6 Å². The average molecular weight is 355 g/mol. The Kier molecular flexibility index (Phi) is 4.14. The van der Waals surface area contributed by atoms with Crippen molar-refractivity contribution in [1.29, 1.82) is 0 Å². The maximum absolute atomic E-state index is 12.4. The molecule has 0 spiro atoms. The van der Waals surface area contributed by atoms with E-state index in [-0.39, 0.29) is 5.91 Å². The van der Waals surface area contributed by atoms with E-state index in [2.05, 4.69) is 25.1 Å². The zero-order valence-corrected chi connectivity index (χ0v) is 14.6. The molecular formula is C16H17N7OS. The first-order chi connectivity index (χ1) is 12.2.